The molecule has 4 heterocycles. The molecule has 1 fully saturated rings. The van der Waals surface area contributed by atoms with E-state index in [4.69, 9.17) is 16.3 Å². The molecule has 2 aliphatic rings. The number of amides is 1. The maximum absolute atomic E-state index is 15.5. The van der Waals surface area contributed by atoms with Gasteiger partial charge in [-0.25, -0.2) is 22.5 Å². The van der Waals surface area contributed by atoms with Crippen LogP contribution in [-0.4, -0.2) is 65.0 Å². The number of aromatic nitrogens is 7. The molecule has 0 bridgehead atoms. The van der Waals surface area contributed by atoms with E-state index in [2.05, 4.69) is 30.2 Å². The van der Waals surface area contributed by atoms with Crippen molar-refractivity contribution in [1.29, 1.82) is 0 Å². The van der Waals surface area contributed by atoms with E-state index in [9.17, 15) is 49.1 Å². The predicted octanol–water partition coefficient (Wildman–Crippen LogP) is 8.70. The highest BCUT2D eigenvalue weighted by Gasteiger charge is 2.67. The van der Waals surface area contributed by atoms with Crippen LogP contribution < -0.4 is 20.3 Å². The summed E-state index contributed by atoms with van der Waals surface area (Å²) in [4.78, 5) is 37.4. The third kappa shape index (κ3) is 7.88. The lowest BCUT2D eigenvalue weighted by molar-refractivity contribution is -0.285. The zero-order valence-corrected chi connectivity index (χ0v) is 33.8. The SMILES string of the molecule is CSNc1nn(C)c2c(-n3c(C(Cc4cc(F)cc(F)c4)NC(=O)Cn4nc(C(F)F)c5c4C(F)(F)C4CC54)nc4nc(OCCC(F)(F)C(F)(F)F)ccc4c3=O)ccc(Cl)c12. The Morgan fingerprint density at radius 3 is 2.43 bits per heavy atom. The normalized spacial score (nSPS) is 17.3. The van der Waals surface area contributed by atoms with Gasteiger partial charge >= 0.3 is 12.1 Å². The van der Waals surface area contributed by atoms with Crippen LogP contribution >= 0.6 is 23.5 Å². The van der Waals surface area contributed by atoms with Crippen molar-refractivity contribution < 1.29 is 57.8 Å². The number of alkyl halides is 9. The molecule has 12 nitrogen and oxygen atoms in total. The summed E-state index contributed by atoms with van der Waals surface area (Å²) in [5.41, 5.74) is -3.54. The van der Waals surface area contributed by atoms with Gasteiger partial charge in [-0.1, -0.05) is 23.5 Å². The van der Waals surface area contributed by atoms with Gasteiger partial charge in [0.25, 0.3) is 17.9 Å². The molecule has 0 radical (unpaired) electrons. The number of hydrogen-bond donors (Lipinski definition) is 2. The maximum atomic E-state index is 15.5. The Hall–Kier alpha value is -5.65. The van der Waals surface area contributed by atoms with Gasteiger partial charge in [0.05, 0.1) is 46.1 Å². The molecule has 3 unspecified atom stereocenters. The average molecular weight is 936 g/mol. The Bertz CT molecular complexity index is 2850. The van der Waals surface area contributed by atoms with Crippen LogP contribution in [0.4, 0.5) is 54.1 Å². The molecule has 1 amide bonds. The van der Waals surface area contributed by atoms with E-state index in [0.717, 1.165) is 40.8 Å². The number of anilines is 1. The minimum Gasteiger partial charge on any atom is -0.477 e. The molecule has 334 valence electrons. The zero-order valence-electron chi connectivity index (χ0n) is 32.2. The molecule has 0 aliphatic heterocycles. The Labute approximate surface area is 355 Å². The highest BCUT2D eigenvalue weighted by molar-refractivity contribution is 7.99. The van der Waals surface area contributed by atoms with Crippen LogP contribution in [-0.2, 0) is 30.7 Å². The van der Waals surface area contributed by atoms with Crippen molar-refractivity contribution in [2.24, 2.45) is 13.0 Å². The van der Waals surface area contributed by atoms with Gasteiger partial charge in [0.2, 0.25) is 11.8 Å². The Balaban J connectivity index is 1.29. The van der Waals surface area contributed by atoms with Gasteiger partial charge in [-0.05, 0) is 48.2 Å². The quantitative estimate of drug-likeness (QED) is 0.0813. The van der Waals surface area contributed by atoms with Crippen molar-refractivity contribution in [3.05, 3.63) is 97.8 Å². The smallest absolute Gasteiger partial charge is 0.453 e. The predicted molar refractivity (Wildman–Crippen MR) is 206 cm³/mol. The van der Waals surface area contributed by atoms with Crippen molar-refractivity contribution in [2.75, 3.05) is 17.6 Å². The van der Waals surface area contributed by atoms with Crippen molar-refractivity contribution in [2.45, 2.75) is 62.2 Å². The largest absolute Gasteiger partial charge is 0.477 e. The average Bonchev–Trinajstić information content (AvgIpc) is 3.72. The van der Waals surface area contributed by atoms with E-state index in [1.54, 1.807) is 6.26 Å². The Morgan fingerprint density at radius 2 is 1.76 bits per heavy atom. The first-order valence-electron chi connectivity index (χ1n) is 18.6. The standard InChI is InChI=1S/C38H29ClF11N9O3S/c1-57-29-23(5-4-21(39)27(29)33(55-57)56-63-2)59-34(53-32-18(35(59)61)3-6-25(52-32)62-8-7-36(44,45)38(48,49)50)22(11-15-9-16(40)12-17(41)10-15)51-24(60)14-58-30-26(28(54-58)31(42)43)19-13-20(19)37(30,46)47/h3-6,9-10,12,19-20,22,31H,7-8,11,13-14H2,1-2H3,(H,51,60)(H,55,56). The summed E-state index contributed by atoms with van der Waals surface area (Å²) in [5.74, 6) is -14.9. The van der Waals surface area contributed by atoms with Crippen LogP contribution in [0.2, 0.25) is 5.02 Å². The zero-order chi connectivity index (χ0) is 45.5. The number of fused-ring (bicyclic) bond motifs is 5. The summed E-state index contributed by atoms with van der Waals surface area (Å²) in [7, 11) is 1.50. The summed E-state index contributed by atoms with van der Waals surface area (Å²) < 4.78 is 165. The van der Waals surface area contributed by atoms with Gasteiger partial charge in [-0.15, -0.1) is 0 Å². The first-order chi connectivity index (χ1) is 29.6. The van der Waals surface area contributed by atoms with Crippen molar-refractivity contribution in [1.82, 2.24) is 39.4 Å². The van der Waals surface area contributed by atoms with Gasteiger partial charge in [0, 0.05) is 43.3 Å². The Kier molecular flexibility index (Phi) is 11.1. The van der Waals surface area contributed by atoms with Crippen LogP contribution in [0.5, 0.6) is 5.88 Å². The molecule has 2 aromatic carbocycles. The van der Waals surface area contributed by atoms with Gasteiger partial charge in [-0.2, -0.15) is 45.9 Å². The molecule has 1 saturated carbocycles. The van der Waals surface area contributed by atoms with Gasteiger partial charge in [0.15, 0.2) is 11.5 Å². The number of aryl methyl sites for hydroxylation is 1. The lowest BCUT2D eigenvalue weighted by atomic mass is 10.0. The number of hydrogen-bond acceptors (Lipinski definition) is 9. The number of rotatable bonds is 14. The summed E-state index contributed by atoms with van der Waals surface area (Å²) in [6, 6.07) is 5.52. The molecule has 0 saturated heterocycles. The second-order valence-electron chi connectivity index (χ2n) is 14.8. The molecule has 4 aromatic heterocycles. The number of ether oxygens (including phenoxy) is 1. The molecule has 8 rings (SSSR count). The summed E-state index contributed by atoms with van der Waals surface area (Å²) >= 11 is 7.77. The van der Waals surface area contributed by atoms with E-state index in [1.165, 1.54) is 23.9 Å². The third-order valence-corrected chi connectivity index (χ3v) is 11.4. The number of halogens is 12. The second-order valence-corrected chi connectivity index (χ2v) is 15.8. The molecule has 0 spiro atoms. The van der Waals surface area contributed by atoms with Crippen molar-refractivity contribution in [3.63, 3.8) is 0 Å². The number of carbonyl (C=O) groups excluding carboxylic acids is 1. The lowest BCUT2D eigenvalue weighted by Crippen LogP contribution is -2.38. The molecule has 63 heavy (non-hydrogen) atoms. The fourth-order valence-electron chi connectivity index (χ4n) is 7.87. The topological polar surface area (TPSA) is 134 Å². The fraction of sp³-hybridized carbons (Fsp3) is 0.368. The number of nitrogens with one attached hydrogen (secondary N) is 2. The summed E-state index contributed by atoms with van der Waals surface area (Å²) in [5, 5.41) is 10.8. The minimum absolute atomic E-state index is 0.00216. The molecule has 2 N–H and O–H groups in total. The number of benzene rings is 2. The van der Waals surface area contributed by atoms with Gasteiger partial charge < -0.3 is 14.8 Å². The first kappa shape index (κ1) is 44.0. The highest BCUT2D eigenvalue weighted by Crippen LogP contribution is 2.68. The van der Waals surface area contributed by atoms with Gasteiger partial charge in [0.1, 0.15) is 35.4 Å². The number of nitrogens with zero attached hydrogens (tertiary/aromatic N) is 7. The van der Waals surface area contributed by atoms with Crippen LogP contribution in [0.15, 0.2) is 47.3 Å². The van der Waals surface area contributed by atoms with Crippen LogP contribution in [0.25, 0.3) is 27.6 Å². The molecular formula is C38H29ClF11N9O3S. The maximum Gasteiger partial charge on any atom is 0.453 e. The highest BCUT2D eigenvalue weighted by atomic mass is 35.5. The first-order valence-corrected chi connectivity index (χ1v) is 20.2. The van der Waals surface area contributed by atoms with Crippen molar-refractivity contribution >= 4 is 57.2 Å². The summed E-state index contributed by atoms with van der Waals surface area (Å²) in [6.07, 6.45) is -9.90. The monoisotopic (exact) mass is 935 g/mol. The van der Waals surface area contributed by atoms with E-state index in [1.807, 2.05) is 0 Å². The van der Waals surface area contributed by atoms with Crippen molar-refractivity contribution in [3.8, 4) is 11.6 Å². The molecule has 3 atom stereocenters. The number of carbonyl (C=O) groups is 1. The molecule has 6 aromatic rings. The Morgan fingerprint density at radius 1 is 1.05 bits per heavy atom. The van der Waals surface area contributed by atoms with E-state index in [-0.39, 0.29) is 50.4 Å². The third-order valence-electron chi connectivity index (χ3n) is 10.6. The molecule has 2 aliphatic carbocycles. The van der Waals surface area contributed by atoms with E-state index >= 15 is 8.78 Å². The fourth-order valence-corrected chi connectivity index (χ4v) is 8.45. The lowest BCUT2D eigenvalue weighted by Gasteiger charge is -2.24. The van der Waals surface area contributed by atoms with E-state index in [0.29, 0.717) is 10.7 Å². The van der Waals surface area contributed by atoms with Crippen LogP contribution in [0.1, 0.15) is 59.6 Å². The van der Waals surface area contributed by atoms with Crippen LogP contribution in [0.3, 0.4) is 0 Å². The molecule has 25 heteroatoms. The van der Waals surface area contributed by atoms with Crippen LogP contribution in [0, 0.1) is 17.6 Å². The number of pyridine rings is 1. The summed E-state index contributed by atoms with van der Waals surface area (Å²) in [6.45, 7) is -2.27. The molecular weight excluding hydrogens is 907 g/mol. The minimum atomic E-state index is -5.88. The van der Waals surface area contributed by atoms with Gasteiger partial charge in [-0.3, -0.25) is 23.5 Å². The van der Waals surface area contributed by atoms with E-state index < -0.39 is 120 Å². The second kappa shape index (κ2) is 15.9.